The monoisotopic (exact) mass is 463 g/mol. The van der Waals surface area contributed by atoms with E-state index < -0.39 is 22.0 Å². The zero-order valence-electron chi connectivity index (χ0n) is 18.8. The van der Waals surface area contributed by atoms with Gasteiger partial charge in [0.1, 0.15) is 17.5 Å². The van der Waals surface area contributed by atoms with Crippen LogP contribution in [0.1, 0.15) is 29.8 Å². The minimum atomic E-state index is -3.40. The number of anilines is 1. The molecule has 2 aromatic rings. The fourth-order valence-electron chi connectivity index (χ4n) is 2.96. The van der Waals surface area contributed by atoms with E-state index in [1.54, 1.807) is 42.5 Å². The first-order valence-electron chi connectivity index (χ1n) is 9.90. The Labute approximate surface area is 188 Å². The van der Waals surface area contributed by atoms with E-state index in [1.165, 1.54) is 14.2 Å². The summed E-state index contributed by atoms with van der Waals surface area (Å²) in [6.45, 7) is 3.82. The van der Waals surface area contributed by atoms with E-state index in [1.807, 2.05) is 13.8 Å². The second-order valence-corrected chi connectivity index (χ2v) is 9.34. The van der Waals surface area contributed by atoms with Crippen LogP contribution >= 0.6 is 0 Å². The Bertz CT molecular complexity index is 1050. The van der Waals surface area contributed by atoms with Gasteiger partial charge >= 0.3 is 0 Å². The summed E-state index contributed by atoms with van der Waals surface area (Å²) in [5, 5.41) is 5.55. The lowest BCUT2D eigenvalue weighted by Gasteiger charge is -2.22. The minimum absolute atomic E-state index is 0.171. The minimum Gasteiger partial charge on any atom is -0.497 e. The van der Waals surface area contributed by atoms with E-state index in [4.69, 9.17) is 9.47 Å². The SMILES string of the molecule is COc1cc(OC)cc(C(=O)N[C@H](C(=O)NCc2cccc(NS(C)(=O)=O)c2)C(C)C)c1. The van der Waals surface area contributed by atoms with Gasteiger partial charge < -0.3 is 20.1 Å². The van der Waals surface area contributed by atoms with Crippen molar-refractivity contribution in [2.24, 2.45) is 5.92 Å². The molecule has 0 aliphatic heterocycles. The zero-order chi connectivity index (χ0) is 23.9. The number of ether oxygens (including phenoxy) is 2. The summed E-state index contributed by atoms with van der Waals surface area (Å²) in [5.41, 5.74) is 1.41. The van der Waals surface area contributed by atoms with E-state index in [0.717, 1.165) is 6.26 Å². The highest BCUT2D eigenvalue weighted by Crippen LogP contribution is 2.22. The van der Waals surface area contributed by atoms with Crippen LogP contribution in [0.15, 0.2) is 42.5 Å². The molecule has 9 nitrogen and oxygen atoms in total. The van der Waals surface area contributed by atoms with Crippen LogP contribution in [-0.2, 0) is 21.4 Å². The van der Waals surface area contributed by atoms with E-state index in [2.05, 4.69) is 15.4 Å². The van der Waals surface area contributed by atoms with Gasteiger partial charge in [0.2, 0.25) is 15.9 Å². The maximum Gasteiger partial charge on any atom is 0.252 e. The Kier molecular flexibility index (Phi) is 8.48. The zero-order valence-corrected chi connectivity index (χ0v) is 19.6. The first-order valence-corrected chi connectivity index (χ1v) is 11.8. The molecule has 2 aromatic carbocycles. The summed E-state index contributed by atoms with van der Waals surface area (Å²) in [6.07, 6.45) is 1.06. The van der Waals surface area contributed by atoms with Gasteiger partial charge in [-0.25, -0.2) is 8.42 Å². The third kappa shape index (κ3) is 7.45. The molecule has 0 spiro atoms. The molecule has 174 valence electrons. The number of hydrogen-bond donors (Lipinski definition) is 3. The quantitative estimate of drug-likeness (QED) is 0.496. The fraction of sp³-hybridized carbons (Fsp3) is 0.364. The van der Waals surface area contributed by atoms with Crippen LogP contribution in [0.2, 0.25) is 0 Å². The highest BCUT2D eigenvalue weighted by atomic mass is 32.2. The number of hydrogen-bond acceptors (Lipinski definition) is 6. The summed E-state index contributed by atoms with van der Waals surface area (Å²) in [4.78, 5) is 25.6. The predicted molar refractivity (Wildman–Crippen MR) is 122 cm³/mol. The number of sulfonamides is 1. The number of carbonyl (C=O) groups excluding carboxylic acids is 2. The van der Waals surface area contributed by atoms with Gasteiger partial charge in [-0.2, -0.15) is 0 Å². The molecule has 32 heavy (non-hydrogen) atoms. The van der Waals surface area contributed by atoms with Gasteiger partial charge in [0, 0.05) is 23.9 Å². The fourth-order valence-corrected chi connectivity index (χ4v) is 3.51. The summed E-state index contributed by atoms with van der Waals surface area (Å²) in [5.74, 6) is -0.0463. The van der Waals surface area contributed by atoms with Gasteiger partial charge in [-0.15, -0.1) is 0 Å². The standard InChI is InChI=1S/C22H29N3O6S/c1-14(2)20(24-21(26)16-10-18(30-3)12-19(11-16)31-4)22(27)23-13-15-7-6-8-17(9-15)25-32(5,28)29/h6-12,14,20,25H,13H2,1-5H3,(H,23,27)(H,24,26)/t20-/m0/s1. The van der Waals surface area contributed by atoms with Gasteiger partial charge in [0.15, 0.2) is 0 Å². The number of benzene rings is 2. The topological polar surface area (TPSA) is 123 Å². The lowest BCUT2D eigenvalue weighted by atomic mass is 10.0. The summed E-state index contributed by atoms with van der Waals surface area (Å²) >= 11 is 0. The largest absolute Gasteiger partial charge is 0.497 e. The molecular weight excluding hydrogens is 434 g/mol. The van der Waals surface area contributed by atoms with Crippen LogP contribution in [0.5, 0.6) is 11.5 Å². The van der Waals surface area contributed by atoms with Gasteiger partial charge in [-0.05, 0) is 35.7 Å². The molecule has 10 heteroatoms. The molecule has 0 aromatic heterocycles. The Morgan fingerprint density at radius 3 is 2.16 bits per heavy atom. The molecule has 0 saturated heterocycles. The lowest BCUT2D eigenvalue weighted by molar-refractivity contribution is -0.124. The number of rotatable bonds is 10. The van der Waals surface area contributed by atoms with Crippen LogP contribution in [0.3, 0.4) is 0 Å². The van der Waals surface area contributed by atoms with Crippen LogP contribution in [0, 0.1) is 5.92 Å². The van der Waals surface area contributed by atoms with Crippen molar-refractivity contribution in [1.29, 1.82) is 0 Å². The highest BCUT2D eigenvalue weighted by molar-refractivity contribution is 7.92. The first-order chi connectivity index (χ1) is 15.0. The van der Waals surface area contributed by atoms with E-state index in [-0.39, 0.29) is 18.4 Å². The molecule has 0 fully saturated rings. The Balaban J connectivity index is 2.09. The number of methoxy groups -OCH3 is 2. The maximum absolute atomic E-state index is 12.8. The van der Waals surface area contributed by atoms with E-state index in [0.29, 0.717) is 28.3 Å². The third-order valence-electron chi connectivity index (χ3n) is 4.55. The van der Waals surface area contributed by atoms with Gasteiger partial charge in [-0.3, -0.25) is 14.3 Å². The van der Waals surface area contributed by atoms with Crippen LogP contribution in [-0.4, -0.2) is 46.7 Å². The molecule has 3 N–H and O–H groups in total. The maximum atomic E-state index is 12.8. The molecule has 0 unspecified atom stereocenters. The lowest BCUT2D eigenvalue weighted by Crippen LogP contribution is -2.49. The smallest absolute Gasteiger partial charge is 0.252 e. The molecule has 0 aliphatic carbocycles. The predicted octanol–water partition coefficient (Wildman–Crippen LogP) is 2.15. The molecule has 1 atom stereocenters. The van der Waals surface area contributed by atoms with Crippen LogP contribution in [0.25, 0.3) is 0 Å². The molecular formula is C22H29N3O6S. The molecule has 2 amide bonds. The summed E-state index contributed by atoms with van der Waals surface area (Å²) in [7, 11) is -0.428. The van der Waals surface area contributed by atoms with Crippen molar-refractivity contribution in [3.63, 3.8) is 0 Å². The second-order valence-electron chi connectivity index (χ2n) is 7.59. The summed E-state index contributed by atoms with van der Waals surface area (Å²) < 4.78 is 35.6. The van der Waals surface area contributed by atoms with E-state index >= 15 is 0 Å². The third-order valence-corrected chi connectivity index (χ3v) is 5.15. The second kappa shape index (κ2) is 10.9. The van der Waals surface area contributed by atoms with Crippen LogP contribution < -0.4 is 24.8 Å². The van der Waals surface area contributed by atoms with Crippen LogP contribution in [0.4, 0.5) is 5.69 Å². The van der Waals surface area contributed by atoms with Crippen molar-refractivity contribution in [1.82, 2.24) is 10.6 Å². The molecule has 0 radical (unpaired) electrons. The molecule has 0 bridgehead atoms. The van der Waals surface area contributed by atoms with Crippen molar-refractivity contribution in [2.75, 3.05) is 25.2 Å². The number of amides is 2. The Hall–Kier alpha value is -3.27. The first kappa shape index (κ1) is 25.0. The van der Waals surface area contributed by atoms with Crippen molar-refractivity contribution in [2.45, 2.75) is 26.4 Å². The summed E-state index contributed by atoms with van der Waals surface area (Å²) in [6, 6.07) is 10.7. The van der Waals surface area contributed by atoms with Gasteiger partial charge in [0.25, 0.3) is 5.91 Å². The van der Waals surface area contributed by atoms with E-state index in [9.17, 15) is 18.0 Å². The Morgan fingerprint density at radius 2 is 1.62 bits per heavy atom. The highest BCUT2D eigenvalue weighted by Gasteiger charge is 2.25. The average molecular weight is 464 g/mol. The van der Waals surface area contributed by atoms with Gasteiger partial charge in [-0.1, -0.05) is 26.0 Å². The molecule has 0 saturated carbocycles. The van der Waals surface area contributed by atoms with Gasteiger partial charge in [0.05, 0.1) is 20.5 Å². The average Bonchev–Trinajstić information content (AvgIpc) is 2.74. The molecule has 2 rings (SSSR count). The normalized spacial score (nSPS) is 12.1. The number of nitrogens with one attached hydrogen (secondary N) is 3. The van der Waals surface area contributed by atoms with Crippen molar-refractivity contribution in [3.05, 3.63) is 53.6 Å². The Morgan fingerprint density at radius 1 is 1.00 bits per heavy atom. The van der Waals surface area contributed by atoms with Crippen molar-refractivity contribution in [3.8, 4) is 11.5 Å². The molecule has 0 aliphatic rings. The van der Waals surface area contributed by atoms with Crippen molar-refractivity contribution >= 4 is 27.5 Å². The number of carbonyl (C=O) groups is 2. The van der Waals surface area contributed by atoms with Crippen molar-refractivity contribution < 1.29 is 27.5 Å². The molecule has 0 heterocycles.